The Balaban J connectivity index is 1.38. The molecule has 12 heteroatoms. The van der Waals surface area contributed by atoms with Gasteiger partial charge in [-0.1, -0.05) is 135 Å². The van der Waals surface area contributed by atoms with Crippen molar-refractivity contribution in [3.63, 3.8) is 0 Å². The van der Waals surface area contributed by atoms with Gasteiger partial charge >= 0.3 is 0 Å². The normalized spacial score (nSPS) is 18.9. The Bertz CT molecular complexity index is 2620. The van der Waals surface area contributed by atoms with Crippen molar-refractivity contribution in [1.29, 1.82) is 0 Å². The fourth-order valence-corrected chi connectivity index (χ4v) is 13.8. The van der Waals surface area contributed by atoms with Crippen LogP contribution in [0.5, 0.6) is 46.0 Å². The summed E-state index contributed by atoms with van der Waals surface area (Å²) in [7, 11) is 0. The van der Waals surface area contributed by atoms with Crippen LogP contribution < -0.4 is 37.9 Å². The summed E-state index contributed by atoms with van der Waals surface area (Å²) in [5.41, 5.74) is 9.22. The van der Waals surface area contributed by atoms with Crippen molar-refractivity contribution in [2.45, 2.75) is 154 Å². The molecule has 4 aliphatic heterocycles. The predicted octanol–water partition coefficient (Wildman–Crippen LogP) is 17.3. The predicted molar refractivity (Wildman–Crippen MR) is 287 cm³/mol. The van der Waals surface area contributed by atoms with E-state index in [1.165, 1.54) is 0 Å². The summed E-state index contributed by atoms with van der Waals surface area (Å²) in [6.07, 6.45) is 15.7. The highest BCUT2D eigenvalue weighted by molar-refractivity contribution is 9.11. The van der Waals surface area contributed by atoms with E-state index in [1.54, 1.807) is 0 Å². The van der Waals surface area contributed by atoms with Crippen molar-refractivity contribution in [3.8, 4) is 46.0 Å². The molecule has 0 N–H and O–H groups in total. The number of benzene rings is 5. The molecule has 1 aliphatic carbocycles. The van der Waals surface area contributed by atoms with Crippen LogP contribution in [0, 0.1) is 0 Å². The molecule has 8 bridgehead atoms. The maximum absolute atomic E-state index is 15.6. The van der Waals surface area contributed by atoms with Crippen LogP contribution in [0.4, 0.5) is 0 Å². The quantitative estimate of drug-likeness (QED) is 0.0628. The molecule has 5 aromatic carbocycles. The first kappa shape index (κ1) is 50.2. The lowest BCUT2D eigenvalue weighted by molar-refractivity contribution is 0.0914. The van der Waals surface area contributed by atoms with Crippen LogP contribution >= 0.6 is 47.8 Å². The van der Waals surface area contributed by atoms with E-state index in [0.717, 1.165) is 161 Å². The molecule has 5 aromatic rings. The van der Waals surface area contributed by atoms with Crippen molar-refractivity contribution >= 4 is 53.6 Å². The molecule has 0 saturated carbocycles. The molecule has 0 aromatic heterocycles. The molecule has 9 nitrogen and oxygen atoms in total. The lowest BCUT2D eigenvalue weighted by Crippen LogP contribution is -2.25. The fourth-order valence-electron chi connectivity index (χ4n) is 11.8. The maximum atomic E-state index is 15.6. The highest BCUT2D eigenvalue weighted by Crippen LogP contribution is 2.60. The first-order valence-corrected chi connectivity index (χ1v) is 28.6. The van der Waals surface area contributed by atoms with Crippen molar-refractivity contribution in [2.24, 2.45) is 0 Å². The second kappa shape index (κ2) is 22.4. The Morgan fingerprint density at radius 1 is 0.394 bits per heavy atom. The Kier molecular flexibility index (Phi) is 15.8. The second-order valence-electron chi connectivity index (χ2n) is 19.7. The van der Waals surface area contributed by atoms with Crippen LogP contribution in [-0.2, 0) is 0 Å². The highest BCUT2D eigenvalue weighted by Gasteiger charge is 2.42. The largest absolute Gasteiger partial charge is 0.456 e. The lowest BCUT2D eigenvalue weighted by atomic mass is 9.75. The van der Waals surface area contributed by atoms with Gasteiger partial charge in [-0.2, -0.15) is 0 Å². The summed E-state index contributed by atoms with van der Waals surface area (Å²) in [5.74, 6) is 4.23. The van der Waals surface area contributed by atoms with Crippen molar-refractivity contribution < 1.29 is 42.7 Å². The Labute approximate surface area is 444 Å². The van der Waals surface area contributed by atoms with E-state index in [1.807, 2.05) is 30.3 Å². The molecule has 0 spiro atoms. The van der Waals surface area contributed by atoms with Gasteiger partial charge in [0.2, 0.25) is 33.0 Å². The lowest BCUT2D eigenvalue weighted by Gasteiger charge is -2.36. The molecule has 5 aliphatic rings. The molecule has 0 fully saturated rings. The third-order valence-electron chi connectivity index (χ3n) is 15.3. The summed E-state index contributed by atoms with van der Waals surface area (Å²) in [6, 6.07) is 18.9. The van der Waals surface area contributed by atoms with Gasteiger partial charge in [0.15, 0.2) is 0 Å². The number of rotatable bonds is 18. The smallest absolute Gasteiger partial charge is 0.231 e. The third kappa shape index (κ3) is 9.45. The number of carbonyl (C=O) groups excluding carboxylic acids is 1. The highest BCUT2D eigenvalue weighted by atomic mass is 79.9. The molecule has 0 amide bonds. The fraction of sp³-hybridized carbons (Fsp3) is 0.475. The molecule has 4 atom stereocenters. The summed E-state index contributed by atoms with van der Waals surface area (Å²) in [5, 5.41) is 0. The molecule has 376 valence electrons. The van der Waals surface area contributed by atoms with Gasteiger partial charge in [-0.25, -0.2) is 0 Å². The van der Waals surface area contributed by atoms with E-state index in [2.05, 4.69) is 99.8 Å². The molecule has 10 rings (SSSR count). The average Bonchev–Trinajstić information content (AvgIpc) is 3.36. The minimum absolute atomic E-state index is 0.0371. The maximum Gasteiger partial charge on any atom is 0.231 e. The van der Waals surface area contributed by atoms with E-state index in [-0.39, 0.29) is 56.6 Å². The van der Waals surface area contributed by atoms with Crippen molar-refractivity contribution in [2.75, 3.05) is 27.2 Å². The van der Waals surface area contributed by atoms with Gasteiger partial charge in [-0.3, -0.25) is 4.79 Å². The topological polar surface area (TPSA) is 90.9 Å². The van der Waals surface area contributed by atoms with E-state index in [9.17, 15) is 0 Å². The zero-order valence-corrected chi connectivity index (χ0v) is 46.2. The average molecular weight is 1160 g/mol. The second-order valence-corrected chi connectivity index (χ2v) is 22.1. The summed E-state index contributed by atoms with van der Waals surface area (Å²) >= 11 is 12.3. The Hall–Kier alpha value is -4.39. The van der Waals surface area contributed by atoms with Crippen molar-refractivity contribution in [3.05, 3.63) is 124 Å². The van der Waals surface area contributed by atoms with E-state index >= 15 is 4.79 Å². The van der Waals surface area contributed by atoms with E-state index < -0.39 is 0 Å². The standard InChI is InChI=1S/C59H65Br3O9/c1-5-9-14-22-35-39-26-40-36(23-15-10-6-2)42-28-44-38(25-17-12-8-4)46-29-45-37(24-16-11-7-3)43-27-41(35)54-48(60)56(43)68-32-70-58(45)50(62)59(46)71-33-69-57(44)49(61)55(42)67-31-65-53(40)47(52(39)64-30-66-54)51(63)34-20-18-13-19-21-34/h13,18-21,26-29,35-38H,5-12,14-17,22-25,30-33H2,1-4H3. The minimum Gasteiger partial charge on any atom is -0.456 e. The van der Waals surface area contributed by atoms with Gasteiger partial charge < -0.3 is 37.9 Å². The summed E-state index contributed by atoms with van der Waals surface area (Å²) in [6.45, 7) is 8.61. The summed E-state index contributed by atoms with van der Waals surface area (Å²) < 4.78 is 56.7. The number of unbranched alkanes of at least 4 members (excludes halogenated alkanes) is 8. The first-order valence-electron chi connectivity index (χ1n) is 26.2. The number of carbonyl (C=O) groups is 1. The first-order chi connectivity index (χ1) is 34.8. The van der Waals surface area contributed by atoms with Crippen molar-refractivity contribution in [1.82, 2.24) is 0 Å². The van der Waals surface area contributed by atoms with Crippen LogP contribution in [0.3, 0.4) is 0 Å². The van der Waals surface area contributed by atoms with Crippen LogP contribution in [-0.4, -0.2) is 33.0 Å². The number of halogens is 3. The van der Waals surface area contributed by atoms with Gasteiger partial charge in [0.1, 0.15) is 65.0 Å². The zero-order chi connectivity index (χ0) is 49.2. The van der Waals surface area contributed by atoms with Crippen LogP contribution in [0.1, 0.15) is 215 Å². The van der Waals surface area contributed by atoms with Crippen LogP contribution in [0.15, 0.2) is 68.0 Å². The SMILES string of the molecule is CCCCCC1c2cc3c4c(Br)c2OCOc2c1cc1c(c2Br)OCOc2c(cc5c(c2C(=O)c2ccccc2)OCOc2c(cc(c(c2Br)OCO4)C3CCCCC)C5CCCCC)C1CCCCC. The number of hydrogen-bond donors (Lipinski definition) is 0. The number of hydrogen-bond acceptors (Lipinski definition) is 9. The van der Waals surface area contributed by atoms with Gasteiger partial charge in [0, 0.05) is 73.7 Å². The molecular weight excluding hydrogens is 1090 g/mol. The van der Waals surface area contributed by atoms with Gasteiger partial charge in [0.25, 0.3) is 0 Å². The van der Waals surface area contributed by atoms with E-state index in [4.69, 9.17) is 37.9 Å². The minimum atomic E-state index is -0.242. The van der Waals surface area contributed by atoms with Gasteiger partial charge in [-0.15, -0.1) is 0 Å². The molecule has 0 radical (unpaired) electrons. The van der Waals surface area contributed by atoms with E-state index in [0.29, 0.717) is 57.1 Å². The molecule has 71 heavy (non-hydrogen) atoms. The number of ketones is 1. The van der Waals surface area contributed by atoms with Gasteiger partial charge in [0.05, 0.1) is 0 Å². The zero-order valence-electron chi connectivity index (χ0n) is 41.5. The van der Waals surface area contributed by atoms with Gasteiger partial charge in [-0.05, 0) is 97.7 Å². The van der Waals surface area contributed by atoms with Crippen LogP contribution in [0.25, 0.3) is 0 Å². The molecule has 0 saturated heterocycles. The molecule has 4 heterocycles. The summed E-state index contributed by atoms with van der Waals surface area (Å²) in [4.78, 5) is 15.6. The third-order valence-corrected chi connectivity index (χ3v) is 17.4. The Morgan fingerprint density at radius 3 is 0.915 bits per heavy atom. The number of ether oxygens (including phenoxy) is 8. The molecule has 4 unspecified atom stereocenters. The molecular formula is C59H65Br3O9. The Morgan fingerprint density at radius 2 is 0.648 bits per heavy atom. The van der Waals surface area contributed by atoms with Crippen LogP contribution in [0.2, 0.25) is 0 Å². The monoisotopic (exact) mass is 1150 g/mol.